The van der Waals surface area contributed by atoms with Crippen LogP contribution < -0.4 is 0 Å². The average Bonchev–Trinajstić information content (AvgIpc) is 2.62. The van der Waals surface area contributed by atoms with Crippen LogP contribution in [-0.4, -0.2) is 20.2 Å². The van der Waals surface area contributed by atoms with Gasteiger partial charge in [-0.25, -0.2) is 4.98 Å². The molecular formula is C20H14N2O2. The van der Waals surface area contributed by atoms with Crippen LogP contribution in [0.25, 0.3) is 33.4 Å². The number of rotatable bonds is 2. The van der Waals surface area contributed by atoms with Gasteiger partial charge in [-0.15, -0.1) is 0 Å². The van der Waals surface area contributed by atoms with E-state index in [1.807, 2.05) is 42.5 Å². The highest BCUT2D eigenvalue weighted by Crippen LogP contribution is 2.29. The van der Waals surface area contributed by atoms with Crippen molar-refractivity contribution in [1.82, 2.24) is 9.97 Å². The topological polar surface area (TPSA) is 66.2 Å². The van der Waals surface area contributed by atoms with Crippen LogP contribution in [0, 0.1) is 0 Å². The van der Waals surface area contributed by atoms with Crippen molar-refractivity contribution in [3.05, 3.63) is 72.9 Å². The number of benzene rings is 2. The number of hydrogen-bond acceptors (Lipinski definition) is 4. The van der Waals surface area contributed by atoms with Gasteiger partial charge in [0.25, 0.3) is 0 Å². The molecule has 2 aromatic heterocycles. The second kappa shape index (κ2) is 5.66. The number of nitrogens with zero attached hydrogens (tertiary/aromatic N) is 2. The van der Waals surface area contributed by atoms with Gasteiger partial charge in [0.2, 0.25) is 0 Å². The highest BCUT2D eigenvalue weighted by atomic mass is 16.3. The molecular weight excluding hydrogens is 300 g/mol. The molecule has 0 fully saturated rings. The molecule has 24 heavy (non-hydrogen) atoms. The van der Waals surface area contributed by atoms with E-state index < -0.39 is 0 Å². The van der Waals surface area contributed by atoms with E-state index in [9.17, 15) is 10.2 Å². The van der Waals surface area contributed by atoms with Crippen molar-refractivity contribution in [2.24, 2.45) is 0 Å². The molecule has 4 aromatic rings. The monoisotopic (exact) mass is 314 g/mol. The molecule has 4 nitrogen and oxygen atoms in total. The minimum Gasteiger partial charge on any atom is -0.508 e. The molecule has 0 aliphatic heterocycles. The third-order valence-electron chi connectivity index (χ3n) is 3.92. The number of fused-ring (bicyclic) bond motifs is 1. The molecule has 0 spiro atoms. The molecule has 4 rings (SSSR count). The number of pyridine rings is 2. The maximum Gasteiger partial charge on any atom is 0.124 e. The van der Waals surface area contributed by atoms with Crippen molar-refractivity contribution in [1.29, 1.82) is 0 Å². The minimum atomic E-state index is 0.206. The van der Waals surface area contributed by atoms with Crippen LogP contribution in [0.2, 0.25) is 0 Å². The third kappa shape index (κ3) is 2.54. The minimum absolute atomic E-state index is 0.206. The predicted molar refractivity (Wildman–Crippen MR) is 93.7 cm³/mol. The summed E-state index contributed by atoms with van der Waals surface area (Å²) in [5.41, 5.74) is 3.90. The van der Waals surface area contributed by atoms with E-state index in [2.05, 4.69) is 9.97 Å². The van der Waals surface area contributed by atoms with Gasteiger partial charge in [-0.1, -0.05) is 12.1 Å². The zero-order chi connectivity index (χ0) is 16.5. The molecule has 4 heteroatoms. The van der Waals surface area contributed by atoms with E-state index in [-0.39, 0.29) is 11.5 Å². The van der Waals surface area contributed by atoms with Crippen LogP contribution in [0.1, 0.15) is 0 Å². The first-order valence-electron chi connectivity index (χ1n) is 7.55. The average molecular weight is 314 g/mol. The molecule has 0 saturated heterocycles. The fourth-order valence-corrected chi connectivity index (χ4v) is 2.65. The SMILES string of the molecule is Oc1ccc(-c2cc3nc(-c4ccccc4O)ccc3cn2)cc1. The Balaban J connectivity index is 1.84. The molecule has 0 unspecified atom stereocenters. The van der Waals surface area contributed by atoms with Crippen molar-refractivity contribution in [2.45, 2.75) is 0 Å². The molecule has 0 bridgehead atoms. The zero-order valence-corrected chi connectivity index (χ0v) is 12.7. The van der Waals surface area contributed by atoms with Crippen molar-refractivity contribution < 1.29 is 10.2 Å². The molecule has 2 heterocycles. The van der Waals surface area contributed by atoms with Crippen LogP contribution in [0.15, 0.2) is 72.9 Å². The molecule has 0 aliphatic rings. The van der Waals surface area contributed by atoms with Gasteiger partial charge in [0.1, 0.15) is 11.5 Å². The molecule has 0 atom stereocenters. The number of para-hydroxylation sites is 1. The van der Waals surface area contributed by atoms with Crippen molar-refractivity contribution in [3.63, 3.8) is 0 Å². The summed E-state index contributed by atoms with van der Waals surface area (Å²) in [5, 5.41) is 20.4. The lowest BCUT2D eigenvalue weighted by atomic mass is 10.1. The summed E-state index contributed by atoms with van der Waals surface area (Å²) in [5.74, 6) is 0.427. The Morgan fingerprint density at radius 2 is 1.54 bits per heavy atom. The van der Waals surface area contributed by atoms with Crippen LogP contribution in [0.3, 0.4) is 0 Å². The van der Waals surface area contributed by atoms with Gasteiger partial charge in [0.05, 0.1) is 16.9 Å². The summed E-state index contributed by atoms with van der Waals surface area (Å²) >= 11 is 0. The summed E-state index contributed by atoms with van der Waals surface area (Å²) < 4.78 is 0. The Morgan fingerprint density at radius 3 is 2.33 bits per heavy atom. The van der Waals surface area contributed by atoms with Gasteiger partial charge in [0, 0.05) is 22.7 Å². The Kier molecular flexibility index (Phi) is 3.35. The van der Waals surface area contributed by atoms with Crippen molar-refractivity contribution in [2.75, 3.05) is 0 Å². The molecule has 2 N–H and O–H groups in total. The second-order valence-electron chi connectivity index (χ2n) is 5.52. The lowest BCUT2D eigenvalue weighted by Crippen LogP contribution is -1.89. The number of phenols is 2. The van der Waals surface area contributed by atoms with Gasteiger partial charge in [-0.3, -0.25) is 4.98 Å². The van der Waals surface area contributed by atoms with Crippen LogP contribution in [0.5, 0.6) is 11.5 Å². The van der Waals surface area contributed by atoms with Gasteiger partial charge < -0.3 is 10.2 Å². The van der Waals surface area contributed by atoms with Crippen molar-refractivity contribution in [3.8, 4) is 34.0 Å². The van der Waals surface area contributed by atoms with E-state index in [0.717, 1.165) is 22.2 Å². The van der Waals surface area contributed by atoms with E-state index in [0.29, 0.717) is 11.3 Å². The molecule has 0 radical (unpaired) electrons. The maximum atomic E-state index is 10.0. The molecule has 2 aromatic carbocycles. The van der Waals surface area contributed by atoms with E-state index >= 15 is 0 Å². The van der Waals surface area contributed by atoms with Crippen LogP contribution in [0.4, 0.5) is 0 Å². The highest BCUT2D eigenvalue weighted by molar-refractivity contribution is 5.84. The number of aromatic nitrogens is 2. The molecule has 0 saturated carbocycles. The maximum absolute atomic E-state index is 10.0. The van der Waals surface area contributed by atoms with E-state index in [1.165, 1.54) is 0 Å². The fraction of sp³-hybridized carbons (Fsp3) is 0. The second-order valence-corrected chi connectivity index (χ2v) is 5.52. The predicted octanol–water partition coefficient (Wildman–Crippen LogP) is 4.38. The van der Waals surface area contributed by atoms with Gasteiger partial charge >= 0.3 is 0 Å². The Morgan fingerprint density at radius 1 is 0.750 bits per heavy atom. The van der Waals surface area contributed by atoms with Crippen molar-refractivity contribution >= 4 is 10.9 Å². The van der Waals surface area contributed by atoms with E-state index in [1.54, 1.807) is 30.5 Å². The first-order chi connectivity index (χ1) is 11.7. The summed E-state index contributed by atoms with van der Waals surface area (Å²) in [6.07, 6.45) is 1.78. The Hall–Kier alpha value is -3.40. The number of phenolic OH excluding ortho intramolecular Hbond substituents is 2. The number of hydrogen-bond donors (Lipinski definition) is 2. The lowest BCUT2D eigenvalue weighted by Gasteiger charge is -2.07. The summed E-state index contributed by atoms with van der Waals surface area (Å²) in [4.78, 5) is 9.12. The zero-order valence-electron chi connectivity index (χ0n) is 12.7. The fourth-order valence-electron chi connectivity index (χ4n) is 2.65. The van der Waals surface area contributed by atoms with E-state index in [4.69, 9.17) is 0 Å². The van der Waals surface area contributed by atoms with Crippen LogP contribution in [-0.2, 0) is 0 Å². The molecule has 0 amide bonds. The van der Waals surface area contributed by atoms with Gasteiger partial charge in [0.15, 0.2) is 0 Å². The molecule has 0 aliphatic carbocycles. The first-order valence-corrected chi connectivity index (χ1v) is 7.55. The lowest BCUT2D eigenvalue weighted by molar-refractivity contribution is 0.475. The number of aromatic hydroxyl groups is 2. The smallest absolute Gasteiger partial charge is 0.124 e. The Bertz CT molecular complexity index is 1030. The third-order valence-corrected chi connectivity index (χ3v) is 3.92. The summed E-state index contributed by atoms with van der Waals surface area (Å²) in [7, 11) is 0. The quantitative estimate of drug-likeness (QED) is 0.576. The van der Waals surface area contributed by atoms with Gasteiger partial charge in [-0.05, 0) is 54.6 Å². The largest absolute Gasteiger partial charge is 0.508 e. The van der Waals surface area contributed by atoms with Crippen LogP contribution >= 0.6 is 0 Å². The first kappa shape index (κ1) is 14.2. The highest BCUT2D eigenvalue weighted by Gasteiger charge is 2.07. The summed E-state index contributed by atoms with van der Waals surface area (Å²) in [6, 6.07) is 19.8. The normalized spacial score (nSPS) is 10.8. The van der Waals surface area contributed by atoms with Gasteiger partial charge in [-0.2, -0.15) is 0 Å². The summed E-state index contributed by atoms with van der Waals surface area (Å²) in [6.45, 7) is 0. The standard InChI is InChI=1S/C20H14N2O2/c23-15-8-5-13(6-9-15)18-11-19-14(12-21-18)7-10-17(22-19)16-3-1-2-4-20(16)24/h1-12,23-24H. The Labute approximate surface area is 138 Å². The molecule has 116 valence electrons.